The van der Waals surface area contributed by atoms with Crippen LogP contribution in [0.15, 0.2) is 72.8 Å². The van der Waals surface area contributed by atoms with Gasteiger partial charge in [0.2, 0.25) is 0 Å². The first kappa shape index (κ1) is 15.8. The van der Waals surface area contributed by atoms with E-state index in [0.29, 0.717) is 11.8 Å². The van der Waals surface area contributed by atoms with E-state index in [1.165, 1.54) is 21.9 Å². The molecule has 2 N–H and O–H groups in total. The monoisotopic (exact) mass is 303 g/mol. The molecule has 3 aromatic carbocycles. The van der Waals surface area contributed by atoms with Crippen molar-refractivity contribution >= 4 is 10.8 Å². The first-order valence-corrected chi connectivity index (χ1v) is 8.55. The maximum absolute atomic E-state index is 6.18. The molecule has 0 saturated heterocycles. The van der Waals surface area contributed by atoms with Crippen molar-refractivity contribution in [2.24, 2.45) is 11.7 Å². The van der Waals surface area contributed by atoms with Gasteiger partial charge in [-0.15, -0.1) is 0 Å². The lowest BCUT2D eigenvalue weighted by Crippen LogP contribution is -2.24. The Labute approximate surface area is 139 Å². The first-order chi connectivity index (χ1) is 11.3. The van der Waals surface area contributed by atoms with E-state index in [2.05, 4.69) is 79.7 Å². The van der Waals surface area contributed by atoms with Crippen molar-refractivity contribution in [2.75, 3.05) is 6.54 Å². The van der Waals surface area contributed by atoms with Crippen molar-refractivity contribution in [2.45, 2.75) is 25.7 Å². The Morgan fingerprint density at radius 2 is 1.52 bits per heavy atom. The van der Waals surface area contributed by atoms with Gasteiger partial charge in [0, 0.05) is 0 Å². The molecule has 0 amide bonds. The summed E-state index contributed by atoms with van der Waals surface area (Å²) in [4.78, 5) is 0. The van der Waals surface area contributed by atoms with Crippen LogP contribution >= 0.6 is 0 Å². The third kappa shape index (κ3) is 3.46. The fourth-order valence-electron chi connectivity index (χ4n) is 3.69. The molecule has 3 rings (SSSR count). The van der Waals surface area contributed by atoms with Crippen molar-refractivity contribution < 1.29 is 0 Å². The molecule has 0 fully saturated rings. The molecule has 0 spiro atoms. The topological polar surface area (TPSA) is 26.0 Å². The molecule has 0 bridgehead atoms. The van der Waals surface area contributed by atoms with Gasteiger partial charge in [-0.05, 0) is 53.1 Å². The fraction of sp³-hybridized carbons (Fsp3) is 0.273. The maximum Gasteiger partial charge on any atom is -0.00398 e. The molecule has 0 saturated carbocycles. The standard InChI is InChI=1S/C22H25N/c1-2-20(19(16-23)15-17-9-4-3-5-10-17)22-14-8-12-18-11-6-7-13-21(18)22/h3-14,19-20H,2,15-16,23H2,1H3. The summed E-state index contributed by atoms with van der Waals surface area (Å²) in [7, 11) is 0. The molecule has 1 nitrogen and oxygen atoms in total. The summed E-state index contributed by atoms with van der Waals surface area (Å²) in [5.41, 5.74) is 9.00. The summed E-state index contributed by atoms with van der Waals surface area (Å²) in [5.74, 6) is 0.958. The maximum atomic E-state index is 6.18. The van der Waals surface area contributed by atoms with E-state index in [-0.39, 0.29) is 0 Å². The smallest absolute Gasteiger partial charge is 0.00398 e. The summed E-state index contributed by atoms with van der Waals surface area (Å²) in [5, 5.41) is 2.69. The van der Waals surface area contributed by atoms with Gasteiger partial charge in [-0.3, -0.25) is 0 Å². The Balaban J connectivity index is 1.96. The van der Waals surface area contributed by atoms with Gasteiger partial charge in [-0.1, -0.05) is 79.7 Å². The van der Waals surface area contributed by atoms with E-state index >= 15 is 0 Å². The molecule has 3 aromatic rings. The van der Waals surface area contributed by atoms with Crippen molar-refractivity contribution in [1.82, 2.24) is 0 Å². The summed E-state index contributed by atoms with van der Waals surface area (Å²) in [6.45, 7) is 3.00. The van der Waals surface area contributed by atoms with Crippen LogP contribution in [0, 0.1) is 5.92 Å². The average molecular weight is 303 g/mol. The van der Waals surface area contributed by atoms with E-state index in [9.17, 15) is 0 Å². The normalized spacial score (nSPS) is 13.8. The quantitative estimate of drug-likeness (QED) is 0.669. The summed E-state index contributed by atoms with van der Waals surface area (Å²) in [6.07, 6.45) is 2.15. The third-order valence-corrected chi connectivity index (χ3v) is 4.88. The highest BCUT2D eigenvalue weighted by Gasteiger charge is 2.22. The minimum Gasteiger partial charge on any atom is -0.330 e. The van der Waals surface area contributed by atoms with Gasteiger partial charge in [0.1, 0.15) is 0 Å². The van der Waals surface area contributed by atoms with Crippen LogP contribution in [0.25, 0.3) is 10.8 Å². The highest BCUT2D eigenvalue weighted by atomic mass is 14.6. The van der Waals surface area contributed by atoms with Gasteiger partial charge in [-0.2, -0.15) is 0 Å². The van der Waals surface area contributed by atoms with Crippen LogP contribution in [-0.2, 0) is 6.42 Å². The lowest BCUT2D eigenvalue weighted by Gasteiger charge is -2.27. The predicted molar refractivity (Wildman–Crippen MR) is 99.7 cm³/mol. The highest BCUT2D eigenvalue weighted by Crippen LogP contribution is 2.34. The van der Waals surface area contributed by atoms with E-state index in [4.69, 9.17) is 5.73 Å². The van der Waals surface area contributed by atoms with Gasteiger partial charge in [0.15, 0.2) is 0 Å². The second-order valence-electron chi connectivity index (χ2n) is 6.27. The van der Waals surface area contributed by atoms with Crippen LogP contribution in [0.1, 0.15) is 30.4 Å². The molecule has 0 aliphatic heterocycles. The molecule has 0 aliphatic carbocycles. The molecule has 0 aromatic heterocycles. The summed E-state index contributed by atoms with van der Waals surface area (Å²) >= 11 is 0. The van der Waals surface area contributed by atoms with Crippen LogP contribution in [0.4, 0.5) is 0 Å². The zero-order chi connectivity index (χ0) is 16.1. The molecule has 0 radical (unpaired) electrons. The largest absolute Gasteiger partial charge is 0.330 e. The van der Waals surface area contributed by atoms with Crippen LogP contribution in [0.5, 0.6) is 0 Å². The Kier molecular flexibility index (Phi) is 5.09. The molecule has 23 heavy (non-hydrogen) atoms. The lowest BCUT2D eigenvalue weighted by atomic mass is 9.79. The van der Waals surface area contributed by atoms with Crippen LogP contribution in [0.2, 0.25) is 0 Å². The minimum absolute atomic E-state index is 0.466. The van der Waals surface area contributed by atoms with E-state index in [0.717, 1.165) is 19.4 Å². The Morgan fingerprint density at radius 1 is 0.826 bits per heavy atom. The van der Waals surface area contributed by atoms with Crippen LogP contribution < -0.4 is 5.73 Å². The number of hydrogen-bond donors (Lipinski definition) is 1. The van der Waals surface area contributed by atoms with Crippen molar-refractivity contribution in [3.05, 3.63) is 83.9 Å². The van der Waals surface area contributed by atoms with E-state index < -0.39 is 0 Å². The van der Waals surface area contributed by atoms with Crippen molar-refractivity contribution in [3.63, 3.8) is 0 Å². The highest BCUT2D eigenvalue weighted by molar-refractivity contribution is 5.86. The average Bonchev–Trinajstić information content (AvgIpc) is 2.62. The van der Waals surface area contributed by atoms with Crippen LogP contribution in [0.3, 0.4) is 0 Å². The molecular weight excluding hydrogens is 278 g/mol. The number of benzene rings is 3. The second-order valence-corrected chi connectivity index (χ2v) is 6.27. The minimum atomic E-state index is 0.466. The van der Waals surface area contributed by atoms with Crippen LogP contribution in [-0.4, -0.2) is 6.54 Å². The molecule has 2 unspecified atom stereocenters. The first-order valence-electron chi connectivity index (χ1n) is 8.55. The predicted octanol–water partition coefficient (Wildman–Crippen LogP) is 5.15. The third-order valence-electron chi connectivity index (χ3n) is 4.88. The van der Waals surface area contributed by atoms with Crippen molar-refractivity contribution in [1.29, 1.82) is 0 Å². The molecular formula is C22H25N. The van der Waals surface area contributed by atoms with E-state index in [1.807, 2.05) is 0 Å². The summed E-state index contributed by atoms with van der Waals surface area (Å²) in [6, 6.07) is 26.0. The second kappa shape index (κ2) is 7.43. The zero-order valence-electron chi connectivity index (χ0n) is 13.8. The number of nitrogens with two attached hydrogens (primary N) is 1. The number of fused-ring (bicyclic) bond motifs is 1. The number of rotatable bonds is 6. The van der Waals surface area contributed by atoms with E-state index in [1.54, 1.807) is 0 Å². The molecule has 2 atom stereocenters. The summed E-state index contributed by atoms with van der Waals surface area (Å²) < 4.78 is 0. The van der Waals surface area contributed by atoms with Gasteiger partial charge < -0.3 is 5.73 Å². The fourth-order valence-corrected chi connectivity index (χ4v) is 3.69. The molecule has 118 valence electrons. The Hall–Kier alpha value is -2.12. The number of hydrogen-bond acceptors (Lipinski definition) is 1. The Bertz CT molecular complexity index is 743. The zero-order valence-corrected chi connectivity index (χ0v) is 13.8. The van der Waals surface area contributed by atoms with Gasteiger partial charge in [0.05, 0.1) is 0 Å². The Morgan fingerprint density at radius 3 is 2.26 bits per heavy atom. The SMILES string of the molecule is CCC(c1cccc2ccccc12)C(CN)Cc1ccccc1. The van der Waals surface area contributed by atoms with Gasteiger partial charge in [0.25, 0.3) is 0 Å². The van der Waals surface area contributed by atoms with Gasteiger partial charge >= 0.3 is 0 Å². The molecule has 1 heteroatoms. The van der Waals surface area contributed by atoms with Gasteiger partial charge in [-0.25, -0.2) is 0 Å². The lowest BCUT2D eigenvalue weighted by molar-refractivity contribution is 0.420. The van der Waals surface area contributed by atoms with Crippen molar-refractivity contribution in [3.8, 4) is 0 Å². The molecule has 0 aliphatic rings. The molecule has 0 heterocycles.